The molecule has 1 aliphatic rings. The Hall–Kier alpha value is -0.810. The van der Waals surface area contributed by atoms with Crippen LogP contribution >= 0.6 is 15.9 Å². The highest BCUT2D eigenvalue weighted by Crippen LogP contribution is 2.44. The van der Waals surface area contributed by atoms with E-state index in [1.807, 2.05) is 0 Å². The maximum absolute atomic E-state index is 15.3. The minimum Gasteiger partial charge on any atom is -0.495 e. The fourth-order valence-electron chi connectivity index (χ4n) is 2.98. The van der Waals surface area contributed by atoms with E-state index in [9.17, 15) is 0 Å². The average molecular weight is 360 g/mol. The zero-order valence-corrected chi connectivity index (χ0v) is 14.4. The summed E-state index contributed by atoms with van der Waals surface area (Å²) in [6, 6.07) is 3.75. The maximum Gasteiger partial charge on any atom is 0.143 e. The number of hydrogen-bond acceptors (Lipinski definition) is 3. The minimum atomic E-state index is -1.45. The van der Waals surface area contributed by atoms with E-state index >= 15 is 4.39 Å². The molecule has 0 bridgehead atoms. The van der Waals surface area contributed by atoms with Crippen LogP contribution in [0.1, 0.15) is 38.2 Å². The van der Waals surface area contributed by atoms with Crippen LogP contribution in [0.3, 0.4) is 0 Å². The molecule has 2 rings (SSSR count). The smallest absolute Gasteiger partial charge is 0.143 e. The lowest BCUT2D eigenvalue weighted by atomic mass is 9.87. The molecular formula is C16H23BrFNO2. The third kappa shape index (κ3) is 3.69. The molecule has 1 N–H and O–H groups in total. The van der Waals surface area contributed by atoms with Gasteiger partial charge < -0.3 is 14.8 Å². The Labute approximate surface area is 134 Å². The van der Waals surface area contributed by atoms with Crippen LogP contribution in [0.4, 0.5) is 4.39 Å². The van der Waals surface area contributed by atoms with Gasteiger partial charge in [0.1, 0.15) is 21.6 Å². The Kier molecular flexibility index (Phi) is 5.49. The molecule has 1 saturated heterocycles. The van der Waals surface area contributed by atoms with Crippen molar-refractivity contribution in [3.05, 3.63) is 22.2 Å². The van der Waals surface area contributed by atoms with Crippen molar-refractivity contribution in [1.82, 2.24) is 5.32 Å². The van der Waals surface area contributed by atoms with Crippen LogP contribution in [0.2, 0.25) is 0 Å². The normalized spacial score (nSPS) is 21.7. The molecule has 21 heavy (non-hydrogen) atoms. The van der Waals surface area contributed by atoms with Crippen LogP contribution in [0.15, 0.2) is 16.6 Å². The maximum atomic E-state index is 15.3. The third-order valence-corrected chi connectivity index (χ3v) is 4.84. The molecule has 2 atom stereocenters. The fraction of sp³-hybridized carbons (Fsp3) is 0.625. The number of hydrogen-bond donors (Lipinski definition) is 1. The highest BCUT2D eigenvalue weighted by Gasteiger charge is 2.34. The van der Waals surface area contributed by atoms with Crippen molar-refractivity contribution in [3.8, 4) is 11.5 Å². The van der Waals surface area contributed by atoms with E-state index in [4.69, 9.17) is 9.47 Å². The summed E-state index contributed by atoms with van der Waals surface area (Å²) in [5.74, 6) is 1.15. The lowest BCUT2D eigenvalue weighted by molar-refractivity contribution is 0.141. The Morgan fingerprint density at radius 1 is 1.33 bits per heavy atom. The predicted octanol–water partition coefficient (Wildman–Crippen LogP) is 4.18. The SMILES string of the molecule is COc1ccc(C(C)(F)CC2CCCCN2)c(OC)c1Br. The monoisotopic (exact) mass is 359 g/mol. The Balaban J connectivity index is 2.27. The molecule has 1 heterocycles. The van der Waals surface area contributed by atoms with E-state index in [1.54, 1.807) is 33.3 Å². The van der Waals surface area contributed by atoms with Crippen molar-refractivity contribution >= 4 is 15.9 Å². The summed E-state index contributed by atoms with van der Waals surface area (Å²) < 4.78 is 26.6. The van der Waals surface area contributed by atoms with Crippen LogP contribution in [0.5, 0.6) is 11.5 Å². The summed E-state index contributed by atoms with van der Waals surface area (Å²) in [6.07, 6.45) is 3.81. The number of nitrogens with one attached hydrogen (secondary N) is 1. The van der Waals surface area contributed by atoms with Gasteiger partial charge in [0, 0.05) is 18.0 Å². The topological polar surface area (TPSA) is 30.5 Å². The number of benzene rings is 1. The van der Waals surface area contributed by atoms with Gasteiger partial charge in [-0.05, 0) is 54.4 Å². The summed E-state index contributed by atoms with van der Waals surface area (Å²) in [5.41, 5.74) is -0.889. The molecule has 2 unspecified atom stereocenters. The van der Waals surface area contributed by atoms with Crippen LogP contribution in [-0.4, -0.2) is 26.8 Å². The van der Waals surface area contributed by atoms with Gasteiger partial charge >= 0.3 is 0 Å². The van der Waals surface area contributed by atoms with Gasteiger partial charge in [0.25, 0.3) is 0 Å². The van der Waals surface area contributed by atoms with E-state index in [0.717, 1.165) is 19.4 Å². The molecule has 0 spiro atoms. The fourth-order valence-corrected chi connectivity index (χ4v) is 3.65. The molecule has 118 valence electrons. The average Bonchev–Trinajstić information content (AvgIpc) is 2.47. The van der Waals surface area contributed by atoms with Gasteiger partial charge in [-0.25, -0.2) is 4.39 Å². The molecular weight excluding hydrogens is 337 g/mol. The second kappa shape index (κ2) is 6.97. The molecule has 0 aromatic heterocycles. The van der Waals surface area contributed by atoms with E-state index in [-0.39, 0.29) is 6.04 Å². The Morgan fingerprint density at radius 2 is 2.10 bits per heavy atom. The molecule has 0 saturated carbocycles. The molecule has 1 fully saturated rings. The summed E-state index contributed by atoms with van der Waals surface area (Å²) in [5, 5.41) is 3.40. The Morgan fingerprint density at radius 3 is 2.67 bits per heavy atom. The molecule has 3 nitrogen and oxygen atoms in total. The van der Waals surface area contributed by atoms with Gasteiger partial charge in [-0.2, -0.15) is 0 Å². The second-order valence-electron chi connectivity index (χ2n) is 5.71. The van der Waals surface area contributed by atoms with E-state index < -0.39 is 5.67 Å². The lowest BCUT2D eigenvalue weighted by Crippen LogP contribution is -2.38. The molecule has 5 heteroatoms. The summed E-state index contributed by atoms with van der Waals surface area (Å²) in [4.78, 5) is 0. The van der Waals surface area contributed by atoms with Crippen molar-refractivity contribution < 1.29 is 13.9 Å². The van der Waals surface area contributed by atoms with Crippen LogP contribution in [0.25, 0.3) is 0 Å². The first kappa shape index (κ1) is 16.6. The number of piperidine rings is 1. The minimum absolute atomic E-state index is 0.222. The number of methoxy groups -OCH3 is 2. The first-order chi connectivity index (χ1) is 9.99. The van der Waals surface area contributed by atoms with Crippen molar-refractivity contribution in [2.45, 2.75) is 44.3 Å². The quantitative estimate of drug-likeness (QED) is 0.855. The van der Waals surface area contributed by atoms with Gasteiger partial charge in [-0.15, -0.1) is 0 Å². The van der Waals surface area contributed by atoms with Gasteiger partial charge in [-0.1, -0.05) is 6.42 Å². The highest BCUT2D eigenvalue weighted by molar-refractivity contribution is 9.10. The largest absolute Gasteiger partial charge is 0.495 e. The summed E-state index contributed by atoms with van der Waals surface area (Å²) >= 11 is 3.44. The van der Waals surface area contributed by atoms with E-state index in [1.165, 1.54) is 6.42 Å². The third-order valence-electron chi connectivity index (χ3n) is 4.09. The predicted molar refractivity (Wildman–Crippen MR) is 86.0 cm³/mol. The van der Waals surface area contributed by atoms with Crippen molar-refractivity contribution in [3.63, 3.8) is 0 Å². The van der Waals surface area contributed by atoms with E-state index in [0.29, 0.717) is 28.0 Å². The first-order valence-electron chi connectivity index (χ1n) is 7.33. The van der Waals surface area contributed by atoms with Gasteiger partial charge in [-0.3, -0.25) is 0 Å². The van der Waals surface area contributed by atoms with Crippen molar-refractivity contribution in [1.29, 1.82) is 0 Å². The van der Waals surface area contributed by atoms with E-state index in [2.05, 4.69) is 21.2 Å². The molecule has 1 aromatic carbocycles. The number of ether oxygens (including phenoxy) is 2. The number of alkyl halides is 1. The first-order valence-corrected chi connectivity index (χ1v) is 8.12. The van der Waals surface area contributed by atoms with Gasteiger partial charge in [0.2, 0.25) is 0 Å². The molecule has 0 amide bonds. The number of rotatable bonds is 5. The summed E-state index contributed by atoms with van der Waals surface area (Å²) in [7, 11) is 3.14. The zero-order valence-electron chi connectivity index (χ0n) is 12.8. The van der Waals surface area contributed by atoms with Crippen LogP contribution in [0, 0.1) is 0 Å². The van der Waals surface area contributed by atoms with Crippen LogP contribution < -0.4 is 14.8 Å². The molecule has 0 aliphatic carbocycles. The van der Waals surface area contributed by atoms with Gasteiger partial charge in [0.15, 0.2) is 0 Å². The van der Waals surface area contributed by atoms with Crippen LogP contribution in [-0.2, 0) is 5.67 Å². The van der Waals surface area contributed by atoms with Crippen molar-refractivity contribution in [2.24, 2.45) is 0 Å². The second-order valence-corrected chi connectivity index (χ2v) is 6.50. The zero-order chi connectivity index (χ0) is 15.5. The molecule has 1 aromatic rings. The number of halogens is 2. The Bertz CT molecular complexity index is 487. The highest BCUT2D eigenvalue weighted by atomic mass is 79.9. The van der Waals surface area contributed by atoms with Gasteiger partial charge in [0.05, 0.1) is 14.2 Å². The summed E-state index contributed by atoms with van der Waals surface area (Å²) in [6.45, 7) is 2.60. The standard InChI is InChI=1S/C16H23BrFNO2/c1-16(18,10-11-6-4-5-9-19-11)12-7-8-13(20-2)14(17)15(12)21-3/h7-8,11,19H,4-6,9-10H2,1-3H3. The lowest BCUT2D eigenvalue weighted by Gasteiger charge is -2.31. The molecule has 0 radical (unpaired) electrons. The molecule has 1 aliphatic heterocycles. The van der Waals surface area contributed by atoms with Crippen molar-refractivity contribution in [2.75, 3.05) is 20.8 Å².